The van der Waals surface area contributed by atoms with Crippen molar-refractivity contribution in [1.29, 1.82) is 0 Å². The van der Waals surface area contributed by atoms with Crippen molar-refractivity contribution >= 4 is 11.3 Å². The Morgan fingerprint density at radius 1 is 1.40 bits per heavy atom. The minimum absolute atomic E-state index is 0.211. The van der Waals surface area contributed by atoms with E-state index in [1.54, 1.807) is 11.3 Å². The van der Waals surface area contributed by atoms with Crippen LogP contribution in [0.1, 0.15) is 25.1 Å². The molecule has 0 aliphatic carbocycles. The molecule has 0 saturated heterocycles. The van der Waals surface area contributed by atoms with Crippen LogP contribution in [0.25, 0.3) is 0 Å². The van der Waals surface area contributed by atoms with Crippen LogP contribution in [0.3, 0.4) is 0 Å². The number of nitrogens with two attached hydrogens (primary N) is 1. The molecule has 0 amide bonds. The van der Waals surface area contributed by atoms with Crippen LogP contribution in [0, 0.1) is 5.41 Å². The van der Waals surface area contributed by atoms with Crippen molar-refractivity contribution in [3.05, 3.63) is 22.4 Å². The number of ether oxygens (including phenoxy) is 1. The summed E-state index contributed by atoms with van der Waals surface area (Å²) in [6, 6.07) is 4.23. The lowest BCUT2D eigenvalue weighted by molar-refractivity contribution is 0.108. The molecule has 1 heterocycles. The second-order valence-electron chi connectivity index (χ2n) is 4.56. The van der Waals surface area contributed by atoms with E-state index in [9.17, 15) is 0 Å². The lowest BCUT2D eigenvalue weighted by Crippen LogP contribution is -2.25. The first-order valence-electron chi connectivity index (χ1n) is 5.44. The Kier molecular flexibility index (Phi) is 5.29. The Morgan fingerprint density at radius 2 is 2.20 bits per heavy atom. The summed E-state index contributed by atoms with van der Waals surface area (Å²) in [4.78, 5) is 1.40. The summed E-state index contributed by atoms with van der Waals surface area (Å²) >= 11 is 1.79. The summed E-state index contributed by atoms with van der Waals surface area (Å²) in [7, 11) is 0. The highest BCUT2D eigenvalue weighted by molar-refractivity contribution is 7.09. The van der Waals surface area contributed by atoms with Crippen LogP contribution in [-0.4, -0.2) is 19.8 Å². The fourth-order valence-electron chi connectivity index (χ4n) is 1.18. The highest BCUT2D eigenvalue weighted by Gasteiger charge is 2.14. The third kappa shape index (κ3) is 5.30. The van der Waals surface area contributed by atoms with E-state index in [1.807, 2.05) is 0 Å². The highest BCUT2D eigenvalue weighted by Crippen LogP contribution is 2.17. The first-order valence-corrected chi connectivity index (χ1v) is 6.32. The van der Waals surface area contributed by atoms with Gasteiger partial charge in [-0.15, -0.1) is 11.3 Å². The summed E-state index contributed by atoms with van der Waals surface area (Å²) in [5.74, 6) is 0. The number of thiophene rings is 1. The molecule has 0 aliphatic rings. The van der Waals surface area contributed by atoms with Crippen LogP contribution in [0.4, 0.5) is 0 Å². The van der Waals surface area contributed by atoms with Crippen LogP contribution >= 0.6 is 11.3 Å². The summed E-state index contributed by atoms with van der Waals surface area (Å²) in [6.45, 7) is 6.71. The normalized spacial score (nSPS) is 11.9. The molecule has 2 N–H and O–H groups in total. The van der Waals surface area contributed by atoms with Crippen LogP contribution < -0.4 is 5.73 Å². The maximum atomic E-state index is 5.64. The van der Waals surface area contributed by atoms with E-state index in [2.05, 4.69) is 31.4 Å². The van der Waals surface area contributed by atoms with Crippen molar-refractivity contribution in [1.82, 2.24) is 0 Å². The molecular weight excluding hydrogens is 206 g/mol. The predicted octanol–water partition coefficient (Wildman–Crippen LogP) is 2.68. The van der Waals surface area contributed by atoms with Crippen molar-refractivity contribution < 1.29 is 4.74 Å². The van der Waals surface area contributed by atoms with Gasteiger partial charge in [0.1, 0.15) is 0 Å². The molecule has 0 atom stereocenters. The molecule has 1 rings (SSSR count). The minimum atomic E-state index is 0.211. The predicted molar refractivity (Wildman–Crippen MR) is 66.3 cm³/mol. The average molecular weight is 227 g/mol. The molecular formula is C12H21NOS. The molecule has 2 nitrogen and oxygen atoms in total. The van der Waals surface area contributed by atoms with Gasteiger partial charge in [-0.1, -0.05) is 19.9 Å². The molecule has 0 aliphatic heterocycles. The molecule has 0 radical (unpaired) electrons. The summed E-state index contributed by atoms with van der Waals surface area (Å²) in [6.07, 6.45) is 2.06. The molecule has 1 aromatic heterocycles. The van der Waals surface area contributed by atoms with E-state index in [0.29, 0.717) is 0 Å². The molecule has 3 heteroatoms. The molecule has 0 bridgehead atoms. The Balaban J connectivity index is 2.03. The van der Waals surface area contributed by atoms with Crippen molar-refractivity contribution in [2.75, 3.05) is 19.8 Å². The Morgan fingerprint density at radius 3 is 2.80 bits per heavy atom. The molecule has 0 aromatic carbocycles. The zero-order valence-corrected chi connectivity index (χ0v) is 10.5. The maximum absolute atomic E-state index is 5.64. The molecule has 0 fully saturated rings. The zero-order chi connectivity index (χ0) is 11.1. The molecule has 15 heavy (non-hydrogen) atoms. The van der Waals surface area contributed by atoms with Crippen molar-refractivity contribution in [2.45, 2.75) is 26.7 Å². The summed E-state index contributed by atoms with van der Waals surface area (Å²) in [5.41, 5.74) is 5.86. The topological polar surface area (TPSA) is 35.2 Å². The minimum Gasteiger partial charge on any atom is -0.381 e. The van der Waals surface area contributed by atoms with Crippen LogP contribution in [0.5, 0.6) is 0 Å². The van der Waals surface area contributed by atoms with Gasteiger partial charge in [0.25, 0.3) is 0 Å². The first-order chi connectivity index (χ1) is 7.14. The fraction of sp³-hybridized carbons (Fsp3) is 0.667. The van der Waals surface area contributed by atoms with E-state index < -0.39 is 0 Å². The standard InChI is InChI=1S/C12H21NOS/c1-12(2,10-13)6-8-14-7-5-11-4-3-9-15-11/h3-4,9H,5-8,10,13H2,1-2H3. The second kappa shape index (κ2) is 6.26. The van der Waals surface area contributed by atoms with Gasteiger partial charge in [0.15, 0.2) is 0 Å². The SMILES string of the molecule is CC(C)(CN)CCOCCc1cccs1. The maximum Gasteiger partial charge on any atom is 0.0514 e. The monoisotopic (exact) mass is 227 g/mol. The van der Waals surface area contributed by atoms with Gasteiger partial charge in [0, 0.05) is 17.9 Å². The molecule has 0 unspecified atom stereocenters. The van der Waals surface area contributed by atoms with Gasteiger partial charge in [0.2, 0.25) is 0 Å². The lowest BCUT2D eigenvalue weighted by Gasteiger charge is -2.21. The van der Waals surface area contributed by atoms with Gasteiger partial charge in [-0.25, -0.2) is 0 Å². The van der Waals surface area contributed by atoms with E-state index in [4.69, 9.17) is 10.5 Å². The third-order valence-corrected chi connectivity index (χ3v) is 3.48. The molecule has 0 spiro atoms. The Hall–Kier alpha value is -0.380. The van der Waals surface area contributed by atoms with Gasteiger partial charge >= 0.3 is 0 Å². The molecule has 86 valence electrons. The fourth-order valence-corrected chi connectivity index (χ4v) is 1.87. The number of hydrogen-bond donors (Lipinski definition) is 1. The Labute approximate surface area is 96.4 Å². The van der Waals surface area contributed by atoms with Crippen molar-refractivity contribution in [3.8, 4) is 0 Å². The van der Waals surface area contributed by atoms with Crippen LogP contribution in [-0.2, 0) is 11.2 Å². The zero-order valence-electron chi connectivity index (χ0n) is 9.66. The van der Waals surface area contributed by atoms with Crippen molar-refractivity contribution in [2.24, 2.45) is 11.1 Å². The number of rotatable bonds is 7. The van der Waals surface area contributed by atoms with Gasteiger partial charge in [0.05, 0.1) is 6.61 Å². The van der Waals surface area contributed by atoms with Gasteiger partial charge in [-0.05, 0) is 29.8 Å². The van der Waals surface area contributed by atoms with Crippen LogP contribution in [0.2, 0.25) is 0 Å². The molecule has 0 saturated carbocycles. The highest BCUT2D eigenvalue weighted by atomic mass is 32.1. The number of hydrogen-bond acceptors (Lipinski definition) is 3. The summed E-state index contributed by atoms with van der Waals surface area (Å²) < 4.78 is 5.60. The quantitative estimate of drug-likeness (QED) is 0.727. The Bertz CT molecular complexity index is 257. The molecule has 1 aromatic rings. The smallest absolute Gasteiger partial charge is 0.0514 e. The van der Waals surface area contributed by atoms with E-state index >= 15 is 0 Å². The third-order valence-electron chi connectivity index (χ3n) is 2.55. The van der Waals surface area contributed by atoms with Gasteiger partial charge in [-0.3, -0.25) is 0 Å². The lowest BCUT2D eigenvalue weighted by atomic mass is 9.90. The largest absolute Gasteiger partial charge is 0.381 e. The van der Waals surface area contributed by atoms with E-state index in [-0.39, 0.29) is 5.41 Å². The van der Waals surface area contributed by atoms with Gasteiger partial charge < -0.3 is 10.5 Å². The average Bonchev–Trinajstić information content (AvgIpc) is 2.70. The first kappa shape index (κ1) is 12.7. The van der Waals surface area contributed by atoms with Crippen LogP contribution in [0.15, 0.2) is 17.5 Å². The second-order valence-corrected chi connectivity index (χ2v) is 5.59. The van der Waals surface area contributed by atoms with E-state index in [0.717, 1.165) is 32.6 Å². The van der Waals surface area contributed by atoms with Gasteiger partial charge in [-0.2, -0.15) is 0 Å². The van der Waals surface area contributed by atoms with Crippen molar-refractivity contribution in [3.63, 3.8) is 0 Å². The van der Waals surface area contributed by atoms with E-state index in [1.165, 1.54) is 4.88 Å². The summed E-state index contributed by atoms with van der Waals surface area (Å²) in [5, 5.41) is 2.10.